The summed E-state index contributed by atoms with van der Waals surface area (Å²) in [6, 6.07) is 3.78. The average Bonchev–Trinajstić information content (AvgIpc) is 2.75. The third-order valence-corrected chi connectivity index (χ3v) is 3.52. The molecule has 0 saturated carbocycles. The quantitative estimate of drug-likeness (QED) is 0.728. The van der Waals surface area contributed by atoms with Gasteiger partial charge < -0.3 is 4.74 Å². The van der Waals surface area contributed by atoms with Crippen LogP contribution in [0.3, 0.4) is 0 Å². The maximum atomic E-state index is 6.14. The summed E-state index contributed by atoms with van der Waals surface area (Å²) >= 11 is 6.14. The van der Waals surface area contributed by atoms with Crippen LogP contribution >= 0.6 is 11.6 Å². The van der Waals surface area contributed by atoms with Gasteiger partial charge in [0.1, 0.15) is 5.82 Å². The predicted molar refractivity (Wildman–Crippen MR) is 79.8 cm³/mol. The summed E-state index contributed by atoms with van der Waals surface area (Å²) in [4.78, 5) is 13.0. The van der Waals surface area contributed by atoms with Crippen LogP contribution in [0.5, 0.6) is 5.88 Å². The van der Waals surface area contributed by atoms with Crippen molar-refractivity contribution in [2.24, 2.45) is 0 Å². The molecule has 0 bridgehead atoms. The summed E-state index contributed by atoms with van der Waals surface area (Å²) in [5.74, 6) is 1.18. The molecule has 0 aliphatic heterocycles. The SMILES string of the molecule is COc1ccc(-c2c(C)nn3c(Cl)nc(C)nc23)c(C)n1. The Morgan fingerprint density at radius 3 is 2.48 bits per heavy atom. The molecule has 0 spiro atoms. The van der Waals surface area contributed by atoms with Crippen molar-refractivity contribution < 1.29 is 4.74 Å². The van der Waals surface area contributed by atoms with Crippen molar-refractivity contribution in [3.8, 4) is 17.0 Å². The Kier molecular flexibility index (Phi) is 3.25. The van der Waals surface area contributed by atoms with Crippen molar-refractivity contribution in [3.63, 3.8) is 0 Å². The van der Waals surface area contributed by atoms with Gasteiger partial charge >= 0.3 is 0 Å². The van der Waals surface area contributed by atoms with E-state index in [-0.39, 0.29) is 0 Å². The van der Waals surface area contributed by atoms with Crippen molar-refractivity contribution in [2.75, 3.05) is 7.11 Å². The molecule has 0 atom stereocenters. The molecule has 0 unspecified atom stereocenters. The van der Waals surface area contributed by atoms with Crippen LogP contribution in [0.4, 0.5) is 0 Å². The highest BCUT2D eigenvalue weighted by atomic mass is 35.5. The van der Waals surface area contributed by atoms with Crippen LogP contribution in [0.25, 0.3) is 16.8 Å². The second kappa shape index (κ2) is 4.96. The van der Waals surface area contributed by atoms with E-state index in [0.29, 0.717) is 22.6 Å². The molecule has 7 heteroatoms. The van der Waals surface area contributed by atoms with Gasteiger partial charge in [0.2, 0.25) is 11.2 Å². The molecule has 0 amide bonds. The molecule has 108 valence electrons. The minimum atomic E-state index is 0.297. The van der Waals surface area contributed by atoms with Crippen LogP contribution in [0.15, 0.2) is 12.1 Å². The van der Waals surface area contributed by atoms with E-state index in [4.69, 9.17) is 16.3 Å². The van der Waals surface area contributed by atoms with E-state index in [2.05, 4.69) is 20.1 Å². The molecule has 6 nitrogen and oxygen atoms in total. The maximum Gasteiger partial charge on any atom is 0.227 e. The van der Waals surface area contributed by atoms with Crippen LogP contribution in [-0.4, -0.2) is 31.7 Å². The van der Waals surface area contributed by atoms with Gasteiger partial charge in [-0.2, -0.15) is 9.61 Å². The third kappa shape index (κ3) is 2.21. The van der Waals surface area contributed by atoms with Crippen LogP contribution in [0.2, 0.25) is 5.28 Å². The monoisotopic (exact) mass is 303 g/mol. The Morgan fingerprint density at radius 1 is 1.05 bits per heavy atom. The van der Waals surface area contributed by atoms with Gasteiger partial charge in [0.15, 0.2) is 5.65 Å². The average molecular weight is 304 g/mol. The van der Waals surface area contributed by atoms with Crippen LogP contribution < -0.4 is 4.74 Å². The number of aromatic nitrogens is 5. The summed E-state index contributed by atoms with van der Waals surface area (Å²) in [5.41, 5.74) is 4.22. The highest BCUT2D eigenvalue weighted by Gasteiger charge is 2.18. The molecule has 0 fully saturated rings. The second-order valence-electron chi connectivity index (χ2n) is 4.72. The van der Waals surface area contributed by atoms with E-state index in [9.17, 15) is 0 Å². The van der Waals surface area contributed by atoms with E-state index in [1.807, 2.05) is 26.0 Å². The van der Waals surface area contributed by atoms with E-state index in [1.165, 1.54) is 0 Å². The highest BCUT2D eigenvalue weighted by Crippen LogP contribution is 2.31. The molecule has 0 aliphatic carbocycles. The number of ether oxygens (including phenoxy) is 1. The lowest BCUT2D eigenvalue weighted by atomic mass is 10.1. The topological polar surface area (TPSA) is 65.2 Å². The van der Waals surface area contributed by atoms with Gasteiger partial charge in [0, 0.05) is 17.3 Å². The van der Waals surface area contributed by atoms with Crippen LogP contribution in [0, 0.1) is 20.8 Å². The zero-order chi connectivity index (χ0) is 15.1. The number of rotatable bonds is 2. The fourth-order valence-electron chi connectivity index (χ4n) is 2.34. The first kappa shape index (κ1) is 13.8. The van der Waals surface area contributed by atoms with Crippen molar-refractivity contribution in [1.29, 1.82) is 0 Å². The molecule has 0 radical (unpaired) electrons. The summed E-state index contributed by atoms with van der Waals surface area (Å²) in [6.45, 7) is 5.65. The fraction of sp³-hybridized carbons (Fsp3) is 0.286. The number of hydrogen-bond acceptors (Lipinski definition) is 5. The number of nitrogens with zero attached hydrogens (tertiary/aromatic N) is 5. The van der Waals surface area contributed by atoms with Gasteiger partial charge in [-0.05, 0) is 38.4 Å². The van der Waals surface area contributed by atoms with Gasteiger partial charge in [0.25, 0.3) is 0 Å². The molecule has 21 heavy (non-hydrogen) atoms. The number of pyridine rings is 1. The Morgan fingerprint density at radius 2 is 1.81 bits per heavy atom. The first-order valence-electron chi connectivity index (χ1n) is 6.42. The summed E-state index contributed by atoms with van der Waals surface area (Å²) in [6.07, 6.45) is 0. The Bertz CT molecular complexity index is 843. The first-order valence-corrected chi connectivity index (χ1v) is 6.80. The van der Waals surface area contributed by atoms with E-state index >= 15 is 0 Å². The Hall–Kier alpha value is -2.21. The van der Waals surface area contributed by atoms with Crippen LogP contribution in [0.1, 0.15) is 17.2 Å². The van der Waals surface area contributed by atoms with Gasteiger partial charge in [-0.25, -0.2) is 15.0 Å². The number of hydrogen-bond donors (Lipinski definition) is 0. The van der Waals surface area contributed by atoms with Gasteiger partial charge in [-0.3, -0.25) is 0 Å². The largest absolute Gasteiger partial charge is 0.481 e. The van der Waals surface area contributed by atoms with Crippen molar-refractivity contribution in [3.05, 3.63) is 34.6 Å². The van der Waals surface area contributed by atoms with E-state index in [0.717, 1.165) is 22.5 Å². The minimum absolute atomic E-state index is 0.297. The third-order valence-electron chi connectivity index (χ3n) is 3.27. The van der Waals surface area contributed by atoms with Crippen molar-refractivity contribution in [1.82, 2.24) is 24.6 Å². The molecule has 3 heterocycles. The Labute approximate surface area is 126 Å². The second-order valence-corrected chi connectivity index (χ2v) is 5.06. The number of halogens is 1. The molecular weight excluding hydrogens is 290 g/mol. The number of fused-ring (bicyclic) bond motifs is 1. The minimum Gasteiger partial charge on any atom is -0.481 e. The van der Waals surface area contributed by atoms with E-state index < -0.39 is 0 Å². The molecule has 3 aromatic heterocycles. The zero-order valence-electron chi connectivity index (χ0n) is 12.2. The maximum absolute atomic E-state index is 6.14. The normalized spacial score (nSPS) is 11.1. The lowest BCUT2D eigenvalue weighted by Gasteiger charge is -2.07. The first-order chi connectivity index (χ1) is 10.0. The lowest BCUT2D eigenvalue weighted by Crippen LogP contribution is -1.99. The molecule has 0 N–H and O–H groups in total. The van der Waals surface area contributed by atoms with Crippen molar-refractivity contribution in [2.45, 2.75) is 20.8 Å². The highest BCUT2D eigenvalue weighted by molar-refractivity contribution is 6.28. The Balaban J connectivity index is 2.32. The standard InChI is InChI=1S/C14H14ClN5O/c1-7-10(5-6-11(16-7)21-4)12-8(2)19-20-13(12)17-9(3)18-14(20)15/h5-6H,1-4H3. The van der Waals surface area contributed by atoms with Crippen molar-refractivity contribution >= 4 is 17.2 Å². The molecule has 0 aliphatic rings. The predicted octanol–water partition coefficient (Wildman–Crippen LogP) is 2.77. The number of aryl methyl sites for hydroxylation is 3. The molecule has 3 aromatic rings. The van der Waals surface area contributed by atoms with Gasteiger partial charge in [-0.1, -0.05) is 0 Å². The molecular formula is C14H14ClN5O. The molecule has 3 rings (SSSR count). The summed E-state index contributed by atoms with van der Waals surface area (Å²) < 4.78 is 6.69. The fourth-order valence-corrected chi connectivity index (χ4v) is 2.58. The zero-order valence-corrected chi connectivity index (χ0v) is 12.9. The number of methoxy groups -OCH3 is 1. The lowest BCUT2D eigenvalue weighted by molar-refractivity contribution is 0.397. The van der Waals surface area contributed by atoms with Gasteiger partial charge in [-0.15, -0.1) is 0 Å². The molecule has 0 saturated heterocycles. The van der Waals surface area contributed by atoms with Crippen LogP contribution in [-0.2, 0) is 0 Å². The smallest absolute Gasteiger partial charge is 0.227 e. The van der Waals surface area contributed by atoms with Gasteiger partial charge in [0.05, 0.1) is 18.4 Å². The molecule has 0 aromatic carbocycles. The van der Waals surface area contributed by atoms with E-state index in [1.54, 1.807) is 18.5 Å². The summed E-state index contributed by atoms with van der Waals surface area (Å²) in [7, 11) is 1.60. The summed E-state index contributed by atoms with van der Waals surface area (Å²) in [5, 5.41) is 4.71.